The first kappa shape index (κ1) is 13.3. The second kappa shape index (κ2) is 5.68. The quantitative estimate of drug-likeness (QED) is 0.796. The van der Waals surface area contributed by atoms with Gasteiger partial charge in [-0.1, -0.05) is 22.0 Å². The first-order valence-electron chi connectivity index (χ1n) is 5.57. The molecule has 0 radical (unpaired) electrons. The maximum absolute atomic E-state index is 11.0. The third kappa shape index (κ3) is 3.01. The van der Waals surface area contributed by atoms with Gasteiger partial charge in [0.05, 0.1) is 17.2 Å². The van der Waals surface area contributed by atoms with E-state index < -0.39 is 0 Å². The van der Waals surface area contributed by atoms with Gasteiger partial charge in [0.1, 0.15) is 11.5 Å². The molecule has 4 heteroatoms. The molecule has 94 valence electrons. The summed E-state index contributed by atoms with van der Waals surface area (Å²) >= 11 is 3.30. The first-order chi connectivity index (χ1) is 9.13. The predicted octanol–water partition coefficient (Wildman–Crippen LogP) is 4.23. The highest BCUT2D eigenvalue weighted by molar-refractivity contribution is 9.10. The fourth-order valence-electron chi connectivity index (χ4n) is 1.60. The zero-order valence-electron chi connectivity index (χ0n) is 10.2. The molecule has 0 saturated carbocycles. The predicted molar refractivity (Wildman–Crippen MR) is 75.5 cm³/mol. The summed E-state index contributed by atoms with van der Waals surface area (Å²) in [6.45, 7) is 1.88. The summed E-state index contributed by atoms with van der Waals surface area (Å²) in [5, 5.41) is 8.89. The van der Waals surface area contributed by atoms with Gasteiger partial charge in [0.25, 0.3) is 0 Å². The molecule has 0 aliphatic rings. The van der Waals surface area contributed by atoms with Crippen molar-refractivity contribution < 1.29 is 9.53 Å². The van der Waals surface area contributed by atoms with Crippen LogP contribution in [0.5, 0.6) is 11.5 Å². The number of carbonyl (C=O) groups excluding carboxylic acids is 1. The van der Waals surface area contributed by atoms with E-state index in [-0.39, 0.29) is 0 Å². The van der Waals surface area contributed by atoms with E-state index in [1.54, 1.807) is 30.3 Å². The molecular formula is C15H10BrNO2. The lowest BCUT2D eigenvalue weighted by Gasteiger charge is -2.11. The molecular weight excluding hydrogens is 306 g/mol. The summed E-state index contributed by atoms with van der Waals surface area (Å²) < 4.78 is 6.54. The summed E-state index contributed by atoms with van der Waals surface area (Å²) in [5.74, 6) is 1.04. The van der Waals surface area contributed by atoms with Gasteiger partial charge < -0.3 is 4.74 Å². The molecule has 3 nitrogen and oxygen atoms in total. The van der Waals surface area contributed by atoms with Crippen LogP contribution in [0.2, 0.25) is 0 Å². The summed E-state index contributed by atoms with van der Waals surface area (Å²) in [6, 6.07) is 12.5. The average Bonchev–Trinajstić information content (AvgIpc) is 2.43. The van der Waals surface area contributed by atoms with Crippen molar-refractivity contribution in [1.29, 1.82) is 5.26 Å². The van der Waals surface area contributed by atoms with E-state index in [1.165, 1.54) is 0 Å². The summed E-state index contributed by atoms with van der Waals surface area (Å²) in [4.78, 5) is 11.0. The lowest BCUT2D eigenvalue weighted by Crippen LogP contribution is -1.93. The maximum atomic E-state index is 11.0. The minimum absolute atomic E-state index is 0.455. The van der Waals surface area contributed by atoms with E-state index in [0.29, 0.717) is 22.6 Å². The van der Waals surface area contributed by atoms with Crippen molar-refractivity contribution >= 4 is 22.2 Å². The van der Waals surface area contributed by atoms with Gasteiger partial charge in [-0.15, -0.1) is 0 Å². The summed E-state index contributed by atoms with van der Waals surface area (Å²) in [5.41, 5.74) is 1.88. The number of halogens is 1. The second-order valence-electron chi connectivity index (χ2n) is 3.99. The van der Waals surface area contributed by atoms with Crippen molar-refractivity contribution in [3.63, 3.8) is 0 Å². The van der Waals surface area contributed by atoms with Crippen LogP contribution in [0, 0.1) is 18.3 Å². The van der Waals surface area contributed by atoms with Crippen LogP contribution in [-0.2, 0) is 0 Å². The Kier molecular flexibility index (Phi) is 3.98. The van der Waals surface area contributed by atoms with E-state index in [9.17, 15) is 4.79 Å². The summed E-state index contributed by atoms with van der Waals surface area (Å²) in [6.07, 6.45) is 0.740. The zero-order chi connectivity index (χ0) is 13.8. The van der Waals surface area contributed by atoms with E-state index in [1.807, 2.05) is 13.0 Å². The highest BCUT2D eigenvalue weighted by atomic mass is 79.9. The molecule has 0 aromatic heterocycles. The van der Waals surface area contributed by atoms with Crippen molar-refractivity contribution in [1.82, 2.24) is 0 Å². The molecule has 0 saturated heterocycles. The molecule has 0 bridgehead atoms. The van der Waals surface area contributed by atoms with Crippen LogP contribution in [0.4, 0.5) is 0 Å². The van der Waals surface area contributed by atoms with Crippen LogP contribution in [0.15, 0.2) is 40.9 Å². The van der Waals surface area contributed by atoms with Gasteiger partial charge in [0, 0.05) is 4.47 Å². The van der Waals surface area contributed by atoms with Crippen LogP contribution < -0.4 is 4.74 Å². The Labute approximate surface area is 119 Å². The van der Waals surface area contributed by atoms with Crippen molar-refractivity contribution in [2.75, 3.05) is 0 Å². The molecule has 0 aliphatic heterocycles. The molecule has 0 amide bonds. The third-order valence-electron chi connectivity index (χ3n) is 2.64. The number of aryl methyl sites for hydroxylation is 1. The van der Waals surface area contributed by atoms with Gasteiger partial charge in [0.2, 0.25) is 0 Å². The number of ether oxygens (including phenoxy) is 1. The Bertz CT molecular complexity index is 674. The topological polar surface area (TPSA) is 50.1 Å². The number of nitrogens with zero attached hydrogens (tertiary/aromatic N) is 1. The fourth-order valence-corrected chi connectivity index (χ4v) is 1.98. The number of hydrogen-bond donors (Lipinski definition) is 0. The van der Waals surface area contributed by atoms with Crippen LogP contribution in [-0.4, -0.2) is 6.29 Å². The number of hydrogen-bond acceptors (Lipinski definition) is 3. The molecule has 2 rings (SSSR count). The second-order valence-corrected chi connectivity index (χ2v) is 4.91. The number of rotatable bonds is 3. The molecule has 0 heterocycles. The van der Waals surface area contributed by atoms with Gasteiger partial charge in [-0.05, 0) is 42.8 Å². The first-order valence-corrected chi connectivity index (χ1v) is 6.36. The Morgan fingerprint density at radius 3 is 2.68 bits per heavy atom. The number of nitriles is 1. The molecule has 0 spiro atoms. The van der Waals surface area contributed by atoms with Crippen molar-refractivity contribution in [2.45, 2.75) is 6.92 Å². The molecule has 0 aliphatic carbocycles. The van der Waals surface area contributed by atoms with Gasteiger partial charge in [-0.25, -0.2) is 0 Å². The minimum Gasteiger partial charge on any atom is -0.456 e. The molecule has 19 heavy (non-hydrogen) atoms. The smallest absolute Gasteiger partial charge is 0.153 e. The largest absolute Gasteiger partial charge is 0.456 e. The van der Waals surface area contributed by atoms with Gasteiger partial charge in [0.15, 0.2) is 6.29 Å². The minimum atomic E-state index is 0.455. The molecule has 2 aromatic rings. The van der Waals surface area contributed by atoms with Crippen molar-refractivity contribution in [3.8, 4) is 17.6 Å². The Balaban J connectivity index is 2.41. The highest BCUT2D eigenvalue weighted by Gasteiger charge is 2.08. The number of carbonyl (C=O) groups is 1. The van der Waals surface area contributed by atoms with Crippen molar-refractivity contribution in [3.05, 3.63) is 57.6 Å². The lowest BCUT2D eigenvalue weighted by molar-refractivity contribution is 0.112. The fraction of sp³-hybridized carbons (Fsp3) is 0.0667. The van der Waals surface area contributed by atoms with Crippen LogP contribution in [0.1, 0.15) is 21.5 Å². The van der Waals surface area contributed by atoms with Gasteiger partial charge >= 0.3 is 0 Å². The molecule has 0 N–H and O–H groups in total. The molecule has 0 atom stereocenters. The maximum Gasteiger partial charge on any atom is 0.153 e. The van der Waals surface area contributed by atoms with Gasteiger partial charge in [-0.2, -0.15) is 5.26 Å². The normalized spacial score (nSPS) is 9.74. The Hall–Kier alpha value is -2.12. The number of benzene rings is 2. The highest BCUT2D eigenvalue weighted by Crippen LogP contribution is 2.29. The monoisotopic (exact) mass is 315 g/mol. The number of aldehydes is 1. The molecule has 2 aromatic carbocycles. The Morgan fingerprint density at radius 2 is 2.00 bits per heavy atom. The Morgan fingerprint density at radius 1 is 1.21 bits per heavy atom. The molecule has 0 fully saturated rings. The van der Waals surface area contributed by atoms with Crippen LogP contribution >= 0.6 is 15.9 Å². The van der Waals surface area contributed by atoms with Crippen LogP contribution in [0.3, 0.4) is 0 Å². The van der Waals surface area contributed by atoms with E-state index >= 15 is 0 Å². The summed E-state index contributed by atoms with van der Waals surface area (Å²) in [7, 11) is 0. The van der Waals surface area contributed by atoms with E-state index in [0.717, 1.165) is 16.3 Å². The zero-order valence-corrected chi connectivity index (χ0v) is 11.8. The van der Waals surface area contributed by atoms with Gasteiger partial charge in [-0.3, -0.25) is 4.79 Å². The van der Waals surface area contributed by atoms with E-state index in [2.05, 4.69) is 22.0 Å². The third-order valence-corrected chi connectivity index (χ3v) is 3.13. The van der Waals surface area contributed by atoms with Crippen LogP contribution in [0.25, 0.3) is 0 Å². The SMILES string of the molecule is Cc1ccc(C#N)cc1Oc1ccc(Br)cc1C=O. The van der Waals surface area contributed by atoms with Crippen molar-refractivity contribution in [2.24, 2.45) is 0 Å². The average molecular weight is 316 g/mol. The van der Waals surface area contributed by atoms with E-state index in [4.69, 9.17) is 10.00 Å². The standard InChI is InChI=1S/C15H10BrNO2/c1-10-2-3-11(8-17)6-15(10)19-14-5-4-13(16)7-12(14)9-18/h2-7,9H,1H3. The molecule has 0 unspecified atom stereocenters. The lowest BCUT2D eigenvalue weighted by atomic mass is 10.1.